The second kappa shape index (κ2) is 5.41. The number of non-ortho nitro benzene ring substituents is 1. The molecule has 0 N–H and O–H groups in total. The van der Waals surface area contributed by atoms with Gasteiger partial charge in [0.1, 0.15) is 11.5 Å². The summed E-state index contributed by atoms with van der Waals surface area (Å²) in [4.78, 5) is 26.6. The van der Waals surface area contributed by atoms with Crippen LogP contribution in [-0.4, -0.2) is 23.0 Å². The van der Waals surface area contributed by atoms with Crippen molar-refractivity contribution in [2.45, 2.75) is 0 Å². The number of hydrogen-bond acceptors (Lipinski definition) is 7. The number of ether oxygens (including phenoxy) is 2. The second-order valence-electron chi connectivity index (χ2n) is 4.10. The highest BCUT2D eigenvalue weighted by atomic mass is 32.2. The van der Waals surface area contributed by atoms with Crippen LogP contribution in [0.2, 0.25) is 0 Å². The number of benzene rings is 1. The van der Waals surface area contributed by atoms with E-state index in [4.69, 9.17) is 9.47 Å². The lowest BCUT2D eigenvalue weighted by Crippen LogP contribution is -2.11. The van der Waals surface area contributed by atoms with Crippen LogP contribution in [0.15, 0.2) is 51.7 Å². The Hall–Kier alpha value is -2.61. The van der Waals surface area contributed by atoms with Crippen molar-refractivity contribution in [1.82, 2.24) is 0 Å². The number of allylic oxidation sites excluding steroid dienone is 1. The molecular formula is C13H8N2O5S. The minimum atomic E-state index is -0.881. The average Bonchev–Trinajstić information content (AvgIpc) is 3.04. The van der Waals surface area contributed by atoms with Gasteiger partial charge in [-0.15, -0.1) is 11.8 Å². The molecule has 1 aromatic carbocycles. The smallest absolute Gasteiger partial charge is 0.398 e. The molecule has 0 atom stereocenters. The minimum Gasteiger partial charge on any atom is -0.398 e. The molecule has 21 heavy (non-hydrogen) atoms. The van der Waals surface area contributed by atoms with Crippen LogP contribution in [0, 0.1) is 10.1 Å². The Morgan fingerprint density at radius 3 is 2.76 bits per heavy atom. The fourth-order valence-electron chi connectivity index (χ4n) is 1.80. The van der Waals surface area contributed by atoms with Crippen molar-refractivity contribution in [1.29, 1.82) is 0 Å². The zero-order chi connectivity index (χ0) is 14.8. The Labute approximate surface area is 123 Å². The fraction of sp³-hybridized carbons (Fsp3) is 0.0769. The van der Waals surface area contributed by atoms with E-state index < -0.39 is 11.1 Å². The normalized spacial score (nSPS) is 15.7. The van der Waals surface area contributed by atoms with Crippen LogP contribution in [0.4, 0.5) is 10.5 Å². The van der Waals surface area contributed by atoms with Crippen molar-refractivity contribution in [2.24, 2.45) is 4.99 Å². The molecule has 2 aliphatic heterocycles. The third-order valence-electron chi connectivity index (χ3n) is 2.78. The van der Waals surface area contributed by atoms with Crippen molar-refractivity contribution in [3.8, 4) is 5.75 Å². The predicted octanol–water partition coefficient (Wildman–Crippen LogP) is 3.04. The van der Waals surface area contributed by atoms with Crippen LogP contribution >= 0.6 is 11.8 Å². The van der Waals surface area contributed by atoms with Gasteiger partial charge in [-0.1, -0.05) is 0 Å². The number of nitro benzene ring substituents is 1. The lowest BCUT2D eigenvalue weighted by molar-refractivity contribution is -0.384. The topological polar surface area (TPSA) is 91.0 Å². The molecule has 2 aliphatic rings. The third-order valence-corrected chi connectivity index (χ3v) is 3.82. The summed E-state index contributed by atoms with van der Waals surface area (Å²) < 4.78 is 10.1. The summed E-state index contributed by atoms with van der Waals surface area (Å²) >= 11 is 1.53. The standard InChI is InChI=1S/C13H8N2O5S/c16-13(19-9-3-1-8(2-4-9)15(17)18)20-11-7-21-12-6-14-5-10(11)12/h1-6H,7H2. The van der Waals surface area contributed by atoms with Crippen molar-refractivity contribution >= 4 is 29.8 Å². The Morgan fingerprint density at radius 1 is 1.29 bits per heavy atom. The van der Waals surface area contributed by atoms with E-state index in [1.54, 1.807) is 12.4 Å². The van der Waals surface area contributed by atoms with E-state index in [9.17, 15) is 14.9 Å². The summed E-state index contributed by atoms with van der Waals surface area (Å²) in [6, 6.07) is 5.17. The van der Waals surface area contributed by atoms with E-state index in [0.717, 1.165) is 10.5 Å². The number of hydrogen-bond donors (Lipinski definition) is 0. The maximum atomic E-state index is 11.7. The molecule has 0 aromatic heterocycles. The molecule has 0 amide bonds. The van der Waals surface area contributed by atoms with Crippen LogP contribution in [0.5, 0.6) is 5.75 Å². The number of carbonyl (C=O) groups excluding carboxylic acids is 1. The summed E-state index contributed by atoms with van der Waals surface area (Å²) in [5.74, 6) is 1.22. The predicted molar refractivity (Wildman–Crippen MR) is 76.3 cm³/mol. The highest BCUT2D eigenvalue weighted by Crippen LogP contribution is 2.38. The summed E-state index contributed by atoms with van der Waals surface area (Å²) in [6.07, 6.45) is 2.45. The molecule has 0 saturated heterocycles. The molecule has 0 aliphatic carbocycles. The van der Waals surface area contributed by atoms with Crippen molar-refractivity contribution < 1.29 is 19.2 Å². The van der Waals surface area contributed by atoms with Crippen LogP contribution in [0.3, 0.4) is 0 Å². The van der Waals surface area contributed by atoms with Gasteiger partial charge in [0, 0.05) is 35.0 Å². The van der Waals surface area contributed by atoms with E-state index in [1.807, 2.05) is 0 Å². The highest BCUT2D eigenvalue weighted by Gasteiger charge is 2.25. The molecule has 0 fully saturated rings. The van der Waals surface area contributed by atoms with Gasteiger partial charge in [0.15, 0.2) is 0 Å². The number of fused-ring (bicyclic) bond motifs is 1. The Balaban J connectivity index is 1.65. The van der Waals surface area contributed by atoms with Gasteiger partial charge in [0.2, 0.25) is 0 Å². The third kappa shape index (κ3) is 2.79. The number of carbonyl (C=O) groups is 1. The number of nitrogens with zero attached hydrogens (tertiary/aromatic N) is 2. The SMILES string of the molecule is O=C(OC1=C2C=NC=C2SC1)Oc1ccc([N+](=O)[O-])cc1. The van der Waals surface area contributed by atoms with Crippen molar-refractivity contribution in [3.05, 3.63) is 56.8 Å². The summed E-state index contributed by atoms with van der Waals surface area (Å²) in [5, 5.41) is 10.5. The molecule has 0 saturated carbocycles. The van der Waals surface area contributed by atoms with E-state index in [0.29, 0.717) is 11.5 Å². The molecule has 0 spiro atoms. The first-order chi connectivity index (χ1) is 10.1. The van der Waals surface area contributed by atoms with Gasteiger partial charge in [-0.2, -0.15) is 0 Å². The van der Waals surface area contributed by atoms with Crippen LogP contribution < -0.4 is 4.74 Å². The lowest BCUT2D eigenvalue weighted by atomic mass is 10.3. The molecular weight excluding hydrogens is 296 g/mol. The zero-order valence-electron chi connectivity index (χ0n) is 10.5. The monoisotopic (exact) mass is 304 g/mol. The van der Waals surface area contributed by atoms with Crippen LogP contribution in [-0.2, 0) is 4.74 Å². The van der Waals surface area contributed by atoms with Gasteiger partial charge in [-0.05, 0) is 12.1 Å². The maximum absolute atomic E-state index is 11.7. The molecule has 1 aromatic rings. The first kappa shape index (κ1) is 13.4. The molecule has 0 radical (unpaired) electrons. The lowest BCUT2D eigenvalue weighted by Gasteiger charge is -2.06. The summed E-state index contributed by atoms with van der Waals surface area (Å²) in [6.45, 7) is 0. The maximum Gasteiger partial charge on any atom is 0.519 e. The van der Waals surface area contributed by atoms with Gasteiger partial charge < -0.3 is 9.47 Å². The molecule has 3 rings (SSSR count). The van der Waals surface area contributed by atoms with E-state index in [2.05, 4.69) is 4.99 Å². The summed E-state index contributed by atoms with van der Waals surface area (Å²) in [7, 11) is 0. The highest BCUT2D eigenvalue weighted by molar-refractivity contribution is 8.03. The van der Waals surface area contributed by atoms with Gasteiger partial charge >= 0.3 is 6.16 Å². The largest absolute Gasteiger partial charge is 0.519 e. The van der Waals surface area contributed by atoms with Crippen molar-refractivity contribution in [2.75, 3.05) is 5.75 Å². The minimum absolute atomic E-state index is 0.0789. The quantitative estimate of drug-likeness (QED) is 0.369. The molecule has 0 unspecified atom stereocenters. The van der Waals surface area contributed by atoms with Gasteiger partial charge in [0.25, 0.3) is 5.69 Å². The van der Waals surface area contributed by atoms with Gasteiger partial charge in [0.05, 0.1) is 10.7 Å². The second-order valence-corrected chi connectivity index (χ2v) is 5.12. The van der Waals surface area contributed by atoms with Gasteiger partial charge in [-0.25, -0.2) is 4.79 Å². The summed E-state index contributed by atoms with van der Waals surface area (Å²) in [5.41, 5.74) is 0.713. The molecule has 7 nitrogen and oxygen atoms in total. The number of rotatable bonds is 3. The number of thioether (sulfide) groups is 1. The van der Waals surface area contributed by atoms with Crippen LogP contribution in [0.25, 0.3) is 0 Å². The molecule has 106 valence electrons. The molecule has 0 bridgehead atoms. The average molecular weight is 304 g/mol. The first-order valence-corrected chi connectivity index (χ1v) is 6.86. The van der Waals surface area contributed by atoms with Crippen molar-refractivity contribution in [3.63, 3.8) is 0 Å². The zero-order valence-corrected chi connectivity index (χ0v) is 11.3. The van der Waals surface area contributed by atoms with E-state index in [-0.39, 0.29) is 11.4 Å². The Bertz CT molecular complexity index is 706. The fourth-order valence-corrected chi connectivity index (χ4v) is 2.75. The number of nitro groups is 1. The van der Waals surface area contributed by atoms with Crippen LogP contribution in [0.1, 0.15) is 0 Å². The molecule has 2 heterocycles. The Kier molecular flexibility index (Phi) is 3.44. The Morgan fingerprint density at radius 2 is 2.05 bits per heavy atom. The number of aliphatic imine (C=N–C) groups is 1. The first-order valence-electron chi connectivity index (χ1n) is 5.87. The molecule has 8 heteroatoms. The van der Waals surface area contributed by atoms with E-state index in [1.165, 1.54) is 36.0 Å². The van der Waals surface area contributed by atoms with E-state index >= 15 is 0 Å². The van der Waals surface area contributed by atoms with Gasteiger partial charge in [-0.3, -0.25) is 15.1 Å².